The molecule has 18 heavy (non-hydrogen) atoms. The highest BCUT2D eigenvalue weighted by Crippen LogP contribution is 2.22. The Morgan fingerprint density at radius 1 is 1.00 bits per heavy atom. The standard InChI is InChI=1S/C16H32N2/c1-15(14-18-10-6-7-11-18)12-17-13-16-8-4-2-3-5-9-16/h15-17H,2-14H2,1H3. The van der Waals surface area contributed by atoms with E-state index in [9.17, 15) is 0 Å². The molecular formula is C16H32N2. The van der Waals surface area contributed by atoms with Gasteiger partial charge >= 0.3 is 0 Å². The zero-order valence-corrected chi connectivity index (χ0v) is 12.3. The molecule has 1 saturated heterocycles. The normalized spacial score (nSPS) is 25.2. The molecule has 0 aromatic carbocycles. The molecule has 2 aliphatic rings. The maximum Gasteiger partial charge on any atom is 0.00191 e. The van der Waals surface area contributed by atoms with E-state index in [1.54, 1.807) is 0 Å². The van der Waals surface area contributed by atoms with Gasteiger partial charge in [0, 0.05) is 6.54 Å². The van der Waals surface area contributed by atoms with Crippen LogP contribution in [0.15, 0.2) is 0 Å². The predicted octanol–water partition coefficient (Wildman–Crippen LogP) is 3.28. The summed E-state index contributed by atoms with van der Waals surface area (Å²) in [7, 11) is 0. The van der Waals surface area contributed by atoms with E-state index in [1.807, 2.05) is 0 Å². The van der Waals surface area contributed by atoms with Crippen LogP contribution in [0.3, 0.4) is 0 Å². The Hall–Kier alpha value is -0.0800. The Balaban J connectivity index is 1.53. The van der Waals surface area contributed by atoms with Gasteiger partial charge in [0.05, 0.1) is 0 Å². The van der Waals surface area contributed by atoms with E-state index in [-0.39, 0.29) is 0 Å². The summed E-state index contributed by atoms with van der Waals surface area (Å²) >= 11 is 0. The summed E-state index contributed by atoms with van der Waals surface area (Å²) in [6.45, 7) is 8.87. The fourth-order valence-corrected chi connectivity index (χ4v) is 3.57. The highest BCUT2D eigenvalue weighted by Gasteiger charge is 2.15. The highest BCUT2D eigenvalue weighted by molar-refractivity contribution is 4.72. The van der Waals surface area contributed by atoms with Crippen molar-refractivity contribution < 1.29 is 0 Å². The molecule has 1 aliphatic heterocycles. The number of nitrogens with one attached hydrogen (secondary N) is 1. The Morgan fingerprint density at radius 2 is 1.67 bits per heavy atom. The molecule has 2 heteroatoms. The molecule has 0 aromatic rings. The van der Waals surface area contributed by atoms with Crippen molar-refractivity contribution in [2.24, 2.45) is 11.8 Å². The minimum Gasteiger partial charge on any atom is -0.316 e. The number of likely N-dealkylation sites (tertiary alicyclic amines) is 1. The Kier molecular flexibility index (Phi) is 6.50. The lowest BCUT2D eigenvalue weighted by Gasteiger charge is -2.22. The van der Waals surface area contributed by atoms with E-state index in [0.29, 0.717) is 0 Å². The number of hydrogen-bond acceptors (Lipinski definition) is 2. The third kappa shape index (κ3) is 5.27. The van der Waals surface area contributed by atoms with Crippen LogP contribution in [0, 0.1) is 11.8 Å². The van der Waals surface area contributed by atoms with Crippen molar-refractivity contribution in [3.05, 3.63) is 0 Å². The van der Waals surface area contributed by atoms with Crippen LogP contribution < -0.4 is 5.32 Å². The maximum atomic E-state index is 3.73. The average molecular weight is 252 g/mol. The summed E-state index contributed by atoms with van der Waals surface area (Å²) in [4.78, 5) is 2.64. The maximum absolute atomic E-state index is 3.73. The molecule has 1 unspecified atom stereocenters. The molecule has 106 valence electrons. The topological polar surface area (TPSA) is 15.3 Å². The fourth-order valence-electron chi connectivity index (χ4n) is 3.57. The third-order valence-corrected chi connectivity index (χ3v) is 4.67. The Labute approximate surface area is 114 Å². The van der Waals surface area contributed by atoms with Gasteiger partial charge in [0.15, 0.2) is 0 Å². The summed E-state index contributed by atoms with van der Waals surface area (Å²) in [6, 6.07) is 0. The van der Waals surface area contributed by atoms with Crippen molar-refractivity contribution in [2.45, 2.75) is 58.3 Å². The number of nitrogens with zero attached hydrogens (tertiary/aromatic N) is 1. The largest absolute Gasteiger partial charge is 0.316 e. The molecule has 0 amide bonds. The van der Waals surface area contributed by atoms with Crippen LogP contribution in [-0.4, -0.2) is 37.6 Å². The minimum atomic E-state index is 0.814. The van der Waals surface area contributed by atoms with E-state index in [1.165, 1.54) is 84.1 Å². The van der Waals surface area contributed by atoms with Gasteiger partial charge in [-0.1, -0.05) is 32.6 Å². The van der Waals surface area contributed by atoms with E-state index in [0.717, 1.165) is 11.8 Å². The van der Waals surface area contributed by atoms with Crippen molar-refractivity contribution in [3.8, 4) is 0 Å². The summed E-state index contributed by atoms with van der Waals surface area (Å²) in [5, 5.41) is 3.73. The van der Waals surface area contributed by atoms with Crippen molar-refractivity contribution in [2.75, 3.05) is 32.7 Å². The van der Waals surface area contributed by atoms with Gasteiger partial charge in [-0.15, -0.1) is 0 Å². The number of rotatable bonds is 6. The first-order chi connectivity index (χ1) is 8.84. The van der Waals surface area contributed by atoms with Crippen LogP contribution in [0.25, 0.3) is 0 Å². The molecule has 1 atom stereocenters. The van der Waals surface area contributed by atoms with Crippen LogP contribution in [0.2, 0.25) is 0 Å². The van der Waals surface area contributed by atoms with Crippen LogP contribution in [0.4, 0.5) is 0 Å². The van der Waals surface area contributed by atoms with E-state index < -0.39 is 0 Å². The van der Waals surface area contributed by atoms with Gasteiger partial charge in [0.25, 0.3) is 0 Å². The number of hydrogen-bond donors (Lipinski definition) is 1. The van der Waals surface area contributed by atoms with Crippen LogP contribution in [0.5, 0.6) is 0 Å². The quantitative estimate of drug-likeness (QED) is 0.730. The molecule has 0 spiro atoms. The lowest BCUT2D eigenvalue weighted by Crippen LogP contribution is -2.33. The molecular weight excluding hydrogens is 220 g/mol. The molecule has 1 heterocycles. The lowest BCUT2D eigenvalue weighted by atomic mass is 10.0. The molecule has 1 N–H and O–H groups in total. The second-order valence-electron chi connectivity index (χ2n) is 6.63. The summed E-state index contributed by atoms with van der Waals surface area (Å²) in [5.74, 6) is 1.78. The predicted molar refractivity (Wildman–Crippen MR) is 78.9 cm³/mol. The summed E-state index contributed by atoms with van der Waals surface area (Å²) < 4.78 is 0. The van der Waals surface area contributed by atoms with Crippen LogP contribution in [-0.2, 0) is 0 Å². The molecule has 2 rings (SSSR count). The minimum absolute atomic E-state index is 0.814. The monoisotopic (exact) mass is 252 g/mol. The fraction of sp³-hybridized carbons (Fsp3) is 1.00. The van der Waals surface area contributed by atoms with Crippen molar-refractivity contribution in [1.82, 2.24) is 10.2 Å². The van der Waals surface area contributed by atoms with Gasteiger partial charge in [0.1, 0.15) is 0 Å². The van der Waals surface area contributed by atoms with Gasteiger partial charge in [-0.2, -0.15) is 0 Å². The van der Waals surface area contributed by atoms with Crippen molar-refractivity contribution >= 4 is 0 Å². The molecule has 2 nitrogen and oxygen atoms in total. The van der Waals surface area contributed by atoms with Gasteiger partial charge < -0.3 is 10.2 Å². The zero-order chi connectivity index (χ0) is 12.6. The molecule has 0 bridgehead atoms. The first kappa shape index (κ1) is 14.3. The Bertz CT molecular complexity index is 203. The second-order valence-corrected chi connectivity index (χ2v) is 6.63. The van der Waals surface area contributed by atoms with Crippen molar-refractivity contribution in [3.63, 3.8) is 0 Å². The van der Waals surface area contributed by atoms with Crippen LogP contribution >= 0.6 is 0 Å². The third-order valence-electron chi connectivity index (χ3n) is 4.67. The first-order valence-electron chi connectivity index (χ1n) is 8.27. The average Bonchev–Trinajstić information content (AvgIpc) is 2.72. The SMILES string of the molecule is CC(CNCC1CCCCCC1)CN1CCCC1. The Morgan fingerprint density at radius 3 is 2.33 bits per heavy atom. The van der Waals surface area contributed by atoms with Gasteiger partial charge in [-0.3, -0.25) is 0 Å². The molecule has 0 radical (unpaired) electrons. The van der Waals surface area contributed by atoms with E-state index in [4.69, 9.17) is 0 Å². The molecule has 1 aliphatic carbocycles. The lowest BCUT2D eigenvalue weighted by molar-refractivity contribution is 0.278. The molecule has 1 saturated carbocycles. The summed E-state index contributed by atoms with van der Waals surface area (Å²) in [6.07, 6.45) is 11.7. The first-order valence-corrected chi connectivity index (χ1v) is 8.27. The van der Waals surface area contributed by atoms with Crippen molar-refractivity contribution in [1.29, 1.82) is 0 Å². The second kappa shape index (κ2) is 8.16. The highest BCUT2D eigenvalue weighted by atomic mass is 15.1. The summed E-state index contributed by atoms with van der Waals surface area (Å²) in [5.41, 5.74) is 0. The van der Waals surface area contributed by atoms with E-state index in [2.05, 4.69) is 17.1 Å². The van der Waals surface area contributed by atoms with Gasteiger partial charge in [0.2, 0.25) is 0 Å². The van der Waals surface area contributed by atoms with Crippen LogP contribution in [0.1, 0.15) is 58.3 Å². The smallest absolute Gasteiger partial charge is 0.00191 e. The van der Waals surface area contributed by atoms with Gasteiger partial charge in [-0.05, 0) is 63.7 Å². The van der Waals surface area contributed by atoms with Gasteiger partial charge in [-0.25, -0.2) is 0 Å². The molecule has 0 aromatic heterocycles. The molecule has 2 fully saturated rings. The zero-order valence-electron chi connectivity index (χ0n) is 12.3. The van der Waals surface area contributed by atoms with E-state index >= 15 is 0 Å².